The number of benzene rings is 1. The molecule has 0 bridgehead atoms. The lowest BCUT2D eigenvalue weighted by Gasteiger charge is -2.36. The molecule has 1 fully saturated rings. The molecular weight excluding hydrogens is 494 g/mol. The molecule has 0 unspecified atom stereocenters. The number of piperidine rings is 1. The van der Waals surface area contributed by atoms with Crippen molar-refractivity contribution in [3.8, 4) is 17.0 Å². The van der Waals surface area contributed by atoms with Crippen LogP contribution in [0.2, 0.25) is 0 Å². The summed E-state index contributed by atoms with van der Waals surface area (Å²) >= 11 is 0. The first kappa shape index (κ1) is 20.6. The Morgan fingerprint density at radius 3 is 2.81 bits per heavy atom. The Morgan fingerprint density at radius 2 is 2.11 bits per heavy atom. The van der Waals surface area contributed by atoms with E-state index in [1.54, 1.807) is 0 Å². The average molecular weight is 517 g/mol. The Labute approximate surface area is 203 Å². The van der Waals surface area contributed by atoms with Crippen molar-refractivity contribution >= 4 is 22.5 Å². The van der Waals surface area contributed by atoms with Gasteiger partial charge in [-0.25, -0.2) is 22.4 Å². The molecule has 192 valence electrons. The molecule has 1 aliphatic heterocycles. The first-order valence-corrected chi connectivity index (χ1v) is 10.6. The fraction of sp³-hybridized carbons (Fsp3) is 0.429. The van der Waals surface area contributed by atoms with Crippen molar-refractivity contribution in [1.29, 1.82) is 0 Å². The van der Waals surface area contributed by atoms with Gasteiger partial charge in [0.25, 0.3) is 5.92 Å². The van der Waals surface area contributed by atoms with Gasteiger partial charge in [0, 0.05) is 10.7 Å². The van der Waals surface area contributed by atoms with Crippen LogP contribution in [0, 0.1) is 5.82 Å². The average Bonchev–Trinajstić information content (AvgIpc) is 3.37. The number of nitrogens with zero attached hydrogens (tertiary/aromatic N) is 7. The Bertz CT molecular complexity index is 1540. The minimum Gasteiger partial charge on any atom is -0.479 e. The van der Waals surface area contributed by atoms with Gasteiger partial charge in [0.15, 0.2) is 5.82 Å². The van der Waals surface area contributed by atoms with Crippen LogP contribution in [0.25, 0.3) is 27.7 Å². The Balaban J connectivity index is 1.51. The third-order valence-electron chi connectivity index (χ3n) is 5.78. The monoisotopic (exact) mass is 517 g/mol. The molecule has 0 amide bonds. The Morgan fingerprint density at radius 1 is 1.31 bits per heavy atom. The quantitative estimate of drug-likeness (QED) is 0.405. The molecule has 1 aromatic carbocycles. The summed E-state index contributed by atoms with van der Waals surface area (Å²) in [6.07, 6.45) is -3.85. The number of aromatic nitrogens is 6. The van der Waals surface area contributed by atoms with Gasteiger partial charge in [-0.1, -0.05) is 11.3 Å². The molecule has 0 aliphatic carbocycles. The van der Waals surface area contributed by atoms with Gasteiger partial charge in [-0.2, -0.15) is 18.2 Å². The second-order valence-electron chi connectivity index (χ2n) is 8.32. The zero-order chi connectivity index (χ0) is 28.3. The van der Waals surface area contributed by atoms with Gasteiger partial charge in [0.1, 0.15) is 17.6 Å². The van der Waals surface area contributed by atoms with E-state index in [-0.39, 0.29) is 52.5 Å². The second-order valence-corrected chi connectivity index (χ2v) is 8.32. The standard InChI is InChI=1S/C21H20F6N8O/c1-33-6-5-15(20(23,24)9-33)28-19-29-18(36-2)17-16(12(22)8-34(17)31-19)11-3-4-13-14(7-11)35(32-30-13)10-21(25,26)27/h3-4,7-8,15H,5-6,9-10H2,1-2H3,(H,28,31)/t15-/m1/s1/i1D3. The maximum atomic E-state index is 15.2. The van der Waals surface area contributed by atoms with Gasteiger partial charge in [-0.3, -0.25) is 0 Å². The largest absolute Gasteiger partial charge is 0.479 e. The highest BCUT2D eigenvalue weighted by atomic mass is 19.4. The number of hydrogen-bond acceptors (Lipinski definition) is 7. The minimum atomic E-state index is -4.56. The summed E-state index contributed by atoms with van der Waals surface area (Å²) in [4.78, 5) is 4.80. The molecule has 15 heteroatoms. The summed E-state index contributed by atoms with van der Waals surface area (Å²) in [6, 6.07) is 2.58. The van der Waals surface area contributed by atoms with Gasteiger partial charge >= 0.3 is 6.18 Å². The van der Waals surface area contributed by atoms with Crippen molar-refractivity contribution in [2.75, 3.05) is 32.5 Å². The molecule has 0 saturated carbocycles. The predicted octanol–water partition coefficient (Wildman–Crippen LogP) is 3.60. The smallest absolute Gasteiger partial charge is 0.408 e. The van der Waals surface area contributed by atoms with Gasteiger partial charge < -0.3 is 15.0 Å². The number of hydrogen-bond donors (Lipinski definition) is 1. The first-order chi connectivity index (χ1) is 18.2. The summed E-state index contributed by atoms with van der Waals surface area (Å²) in [7, 11) is 1.22. The molecule has 4 heterocycles. The number of anilines is 1. The fourth-order valence-electron chi connectivity index (χ4n) is 4.18. The maximum absolute atomic E-state index is 15.2. The lowest BCUT2D eigenvalue weighted by Crippen LogP contribution is -2.53. The van der Waals surface area contributed by atoms with Gasteiger partial charge in [-0.05, 0) is 31.1 Å². The van der Waals surface area contributed by atoms with Gasteiger partial charge in [-0.15, -0.1) is 10.2 Å². The van der Waals surface area contributed by atoms with Gasteiger partial charge in [0.2, 0.25) is 11.8 Å². The topological polar surface area (TPSA) is 85.4 Å². The van der Waals surface area contributed by atoms with Crippen LogP contribution in [0.4, 0.5) is 32.3 Å². The third kappa shape index (κ3) is 4.38. The van der Waals surface area contributed by atoms with E-state index < -0.39 is 44.0 Å². The van der Waals surface area contributed by atoms with Crippen LogP contribution in [0.3, 0.4) is 0 Å². The van der Waals surface area contributed by atoms with Crippen LogP contribution in [0.1, 0.15) is 10.5 Å². The van der Waals surface area contributed by atoms with Crippen LogP contribution in [0.15, 0.2) is 24.4 Å². The predicted molar refractivity (Wildman–Crippen MR) is 117 cm³/mol. The molecule has 3 aromatic heterocycles. The first-order valence-electron chi connectivity index (χ1n) is 12.1. The van der Waals surface area contributed by atoms with E-state index in [0.29, 0.717) is 9.58 Å². The number of likely N-dealkylation sites (tertiary alicyclic amines) is 1. The molecule has 1 atom stereocenters. The van der Waals surface area contributed by atoms with Crippen molar-refractivity contribution in [3.05, 3.63) is 30.2 Å². The maximum Gasteiger partial charge on any atom is 0.408 e. The number of alkyl halides is 5. The number of methoxy groups -OCH3 is 1. The number of ether oxygens (including phenoxy) is 1. The molecule has 4 aromatic rings. The molecule has 0 radical (unpaired) electrons. The SMILES string of the molecule is [2H]C([2H])([2H])N1CC[C@@H](Nc2nc(OC)c3c(-c4ccc5nnn(CC(F)(F)F)c5c4)c(F)cn3n2)C(F)(F)C1. The fourth-order valence-corrected chi connectivity index (χ4v) is 4.18. The van der Waals surface area contributed by atoms with Crippen LogP contribution >= 0.6 is 0 Å². The van der Waals surface area contributed by atoms with E-state index in [2.05, 4.69) is 25.7 Å². The zero-order valence-electron chi connectivity index (χ0n) is 21.5. The number of nitrogens with one attached hydrogen (secondary N) is 1. The summed E-state index contributed by atoms with van der Waals surface area (Å²) in [5, 5.41) is 13.8. The number of fused-ring (bicyclic) bond motifs is 2. The van der Waals surface area contributed by atoms with Crippen LogP contribution < -0.4 is 10.1 Å². The number of rotatable bonds is 5. The summed E-state index contributed by atoms with van der Waals surface area (Å²) < 4.78 is 113. The summed E-state index contributed by atoms with van der Waals surface area (Å²) in [5.74, 6) is -4.80. The van der Waals surface area contributed by atoms with Crippen LogP contribution in [-0.2, 0) is 6.54 Å². The molecule has 0 spiro atoms. The number of halogens is 6. The molecule has 1 saturated heterocycles. The van der Waals surface area contributed by atoms with E-state index in [4.69, 9.17) is 8.85 Å². The van der Waals surface area contributed by atoms with Crippen molar-refractivity contribution in [1.82, 2.24) is 34.5 Å². The third-order valence-corrected chi connectivity index (χ3v) is 5.78. The normalized spacial score (nSPS) is 20.3. The highest BCUT2D eigenvalue weighted by Gasteiger charge is 2.44. The summed E-state index contributed by atoms with van der Waals surface area (Å²) in [5.41, 5.74) is 0.217. The van der Waals surface area contributed by atoms with Gasteiger partial charge in [0.05, 0.1) is 37.0 Å². The van der Waals surface area contributed by atoms with Crippen molar-refractivity contribution in [3.63, 3.8) is 0 Å². The molecule has 36 heavy (non-hydrogen) atoms. The highest BCUT2D eigenvalue weighted by molar-refractivity contribution is 5.89. The zero-order valence-corrected chi connectivity index (χ0v) is 18.5. The van der Waals surface area contributed by atoms with E-state index in [9.17, 15) is 22.0 Å². The second kappa shape index (κ2) is 8.50. The van der Waals surface area contributed by atoms with E-state index >= 15 is 4.39 Å². The van der Waals surface area contributed by atoms with E-state index in [1.165, 1.54) is 25.3 Å². The molecule has 1 N–H and O–H groups in total. The lowest BCUT2D eigenvalue weighted by atomic mass is 10.0. The lowest BCUT2D eigenvalue weighted by molar-refractivity contribution is -0.142. The summed E-state index contributed by atoms with van der Waals surface area (Å²) in [6.45, 7) is -5.21. The van der Waals surface area contributed by atoms with E-state index in [1.807, 2.05) is 0 Å². The van der Waals surface area contributed by atoms with Crippen LogP contribution in [-0.4, -0.2) is 79.8 Å². The Hall–Kier alpha value is -3.62. The minimum absolute atomic E-state index is 0.00118. The molecule has 1 aliphatic rings. The van der Waals surface area contributed by atoms with Crippen LogP contribution in [0.5, 0.6) is 5.88 Å². The Kier molecular flexibility index (Phi) is 4.85. The molecule has 5 rings (SSSR count). The molecule has 9 nitrogen and oxygen atoms in total. The van der Waals surface area contributed by atoms with E-state index in [0.717, 1.165) is 10.7 Å². The van der Waals surface area contributed by atoms with Crippen molar-refractivity contribution < 1.29 is 35.2 Å². The van der Waals surface area contributed by atoms with Crippen molar-refractivity contribution in [2.45, 2.75) is 31.1 Å². The molecular formula is C21H20F6N8O. The van der Waals surface area contributed by atoms with Crippen molar-refractivity contribution in [2.24, 2.45) is 0 Å². The highest BCUT2D eigenvalue weighted by Crippen LogP contribution is 2.36.